The number of thiazole rings is 1. The normalized spacial score (nSPS) is 16.0. The molecule has 0 spiro atoms. The van der Waals surface area contributed by atoms with E-state index in [0.29, 0.717) is 0 Å². The first-order chi connectivity index (χ1) is 10.6. The summed E-state index contributed by atoms with van der Waals surface area (Å²) in [6.07, 6.45) is 6.50. The number of sulfonamides is 1. The van der Waals surface area contributed by atoms with E-state index in [9.17, 15) is 8.42 Å². The molecule has 1 N–H and O–H groups in total. The summed E-state index contributed by atoms with van der Waals surface area (Å²) in [4.78, 5) is 4.29. The van der Waals surface area contributed by atoms with Crippen LogP contribution in [0.2, 0.25) is 0 Å². The summed E-state index contributed by atoms with van der Waals surface area (Å²) in [5.41, 5.74) is 0. The molecule has 0 radical (unpaired) electrons. The number of benzene rings is 1. The third-order valence-corrected chi connectivity index (χ3v) is 5.83. The lowest BCUT2D eigenvalue weighted by Crippen LogP contribution is -2.23. The largest absolute Gasteiger partial charge is 0.490 e. The number of hydrogen-bond acceptors (Lipinski definition) is 5. The first kappa shape index (κ1) is 15.5. The zero-order chi connectivity index (χ0) is 15.4. The van der Waals surface area contributed by atoms with Gasteiger partial charge in [-0.25, -0.2) is 18.1 Å². The third-order valence-electron chi connectivity index (χ3n) is 3.64. The fraction of sp³-hybridized carbons (Fsp3) is 0.400. The van der Waals surface area contributed by atoms with Crippen LogP contribution in [0.1, 0.15) is 30.7 Å². The standard InChI is InChI=1S/C15H18N2O3S2/c18-22(19,17-11-15-16-9-10-21-15)14-7-5-13(6-8-14)20-12-3-1-2-4-12/h5-10,12,17H,1-4,11H2. The highest BCUT2D eigenvalue weighted by atomic mass is 32.2. The fourth-order valence-corrected chi connectivity index (χ4v) is 4.11. The van der Waals surface area contributed by atoms with Crippen molar-refractivity contribution >= 4 is 21.4 Å². The van der Waals surface area contributed by atoms with Crippen LogP contribution < -0.4 is 9.46 Å². The highest BCUT2D eigenvalue weighted by Crippen LogP contribution is 2.25. The average Bonchev–Trinajstić information content (AvgIpc) is 3.19. The Balaban J connectivity index is 1.63. The van der Waals surface area contributed by atoms with E-state index in [1.807, 2.05) is 5.38 Å². The number of aromatic nitrogens is 1. The first-order valence-corrected chi connectivity index (χ1v) is 9.64. The lowest BCUT2D eigenvalue weighted by molar-refractivity contribution is 0.210. The molecule has 1 aromatic carbocycles. The van der Waals surface area contributed by atoms with Gasteiger partial charge >= 0.3 is 0 Å². The number of nitrogens with zero attached hydrogens (tertiary/aromatic N) is 1. The van der Waals surface area contributed by atoms with Crippen LogP contribution in [0.15, 0.2) is 40.7 Å². The predicted octanol–water partition coefficient (Wildman–Crippen LogP) is 2.94. The summed E-state index contributed by atoms with van der Waals surface area (Å²) in [5, 5.41) is 2.56. The fourth-order valence-electron chi connectivity index (χ4n) is 2.48. The zero-order valence-corrected chi connectivity index (χ0v) is 13.7. The molecule has 1 saturated carbocycles. The summed E-state index contributed by atoms with van der Waals surface area (Å²) < 4.78 is 32.8. The van der Waals surface area contributed by atoms with E-state index in [-0.39, 0.29) is 17.5 Å². The van der Waals surface area contributed by atoms with Crippen LogP contribution in [0.3, 0.4) is 0 Å². The Morgan fingerprint density at radius 1 is 1.23 bits per heavy atom. The van der Waals surface area contributed by atoms with Crippen molar-refractivity contribution in [2.24, 2.45) is 0 Å². The third kappa shape index (κ3) is 3.85. The van der Waals surface area contributed by atoms with Crippen molar-refractivity contribution in [2.45, 2.75) is 43.2 Å². The number of rotatable bonds is 6. The minimum absolute atomic E-state index is 0.209. The van der Waals surface area contributed by atoms with Crippen LogP contribution in [-0.2, 0) is 16.6 Å². The molecule has 7 heteroatoms. The van der Waals surface area contributed by atoms with Crippen molar-refractivity contribution in [2.75, 3.05) is 0 Å². The van der Waals surface area contributed by atoms with Gasteiger partial charge in [0, 0.05) is 11.6 Å². The molecule has 0 unspecified atom stereocenters. The topological polar surface area (TPSA) is 68.3 Å². The summed E-state index contributed by atoms with van der Waals surface area (Å²) >= 11 is 1.42. The maximum absolute atomic E-state index is 12.2. The van der Waals surface area contributed by atoms with Gasteiger partial charge in [0.05, 0.1) is 17.5 Å². The highest BCUT2D eigenvalue weighted by molar-refractivity contribution is 7.89. The van der Waals surface area contributed by atoms with Crippen LogP contribution in [0.4, 0.5) is 0 Å². The van der Waals surface area contributed by atoms with Crippen molar-refractivity contribution < 1.29 is 13.2 Å². The molecule has 22 heavy (non-hydrogen) atoms. The van der Waals surface area contributed by atoms with Crippen molar-refractivity contribution in [1.82, 2.24) is 9.71 Å². The maximum atomic E-state index is 12.2. The van der Waals surface area contributed by atoms with Gasteiger partial charge in [0.2, 0.25) is 10.0 Å². The van der Waals surface area contributed by atoms with Gasteiger partial charge in [-0.3, -0.25) is 0 Å². The number of hydrogen-bond donors (Lipinski definition) is 1. The molecule has 1 aromatic heterocycles. The molecule has 0 saturated heterocycles. The molecular formula is C15H18N2O3S2. The Hall–Kier alpha value is -1.44. The Kier molecular flexibility index (Phi) is 4.75. The van der Waals surface area contributed by atoms with Crippen molar-refractivity contribution in [3.05, 3.63) is 40.8 Å². The van der Waals surface area contributed by atoms with E-state index in [1.165, 1.54) is 24.2 Å². The second kappa shape index (κ2) is 6.76. The van der Waals surface area contributed by atoms with Gasteiger partial charge in [0.1, 0.15) is 10.8 Å². The smallest absolute Gasteiger partial charge is 0.240 e. The first-order valence-electron chi connectivity index (χ1n) is 7.28. The molecular weight excluding hydrogens is 320 g/mol. The van der Waals surface area contributed by atoms with Crippen molar-refractivity contribution in [3.63, 3.8) is 0 Å². The van der Waals surface area contributed by atoms with E-state index >= 15 is 0 Å². The molecule has 1 aliphatic rings. The summed E-state index contributed by atoms with van der Waals surface area (Å²) in [6.45, 7) is 0.209. The van der Waals surface area contributed by atoms with E-state index < -0.39 is 10.0 Å². The molecule has 1 fully saturated rings. The summed E-state index contributed by atoms with van der Waals surface area (Å²) in [6, 6.07) is 6.59. The quantitative estimate of drug-likeness (QED) is 0.879. The molecule has 118 valence electrons. The molecule has 3 rings (SSSR count). The minimum Gasteiger partial charge on any atom is -0.490 e. The number of ether oxygens (including phenoxy) is 1. The second-order valence-electron chi connectivity index (χ2n) is 5.25. The van der Waals surface area contributed by atoms with Crippen molar-refractivity contribution in [1.29, 1.82) is 0 Å². The van der Waals surface area contributed by atoms with Gasteiger partial charge < -0.3 is 4.74 Å². The minimum atomic E-state index is -3.52. The molecule has 5 nitrogen and oxygen atoms in total. The Morgan fingerprint density at radius 2 is 1.95 bits per heavy atom. The average molecular weight is 338 g/mol. The van der Waals surface area contributed by atoms with Gasteiger partial charge in [-0.05, 0) is 49.9 Å². The SMILES string of the molecule is O=S(=O)(NCc1nccs1)c1ccc(OC2CCCC2)cc1. The van der Waals surface area contributed by atoms with E-state index in [4.69, 9.17) is 4.74 Å². The van der Waals surface area contributed by atoms with Crippen LogP contribution in [0.25, 0.3) is 0 Å². The second-order valence-corrected chi connectivity index (χ2v) is 7.99. The van der Waals surface area contributed by atoms with Gasteiger partial charge in [-0.15, -0.1) is 11.3 Å². The molecule has 0 bridgehead atoms. The lowest BCUT2D eigenvalue weighted by Gasteiger charge is -2.13. The number of nitrogens with one attached hydrogen (secondary N) is 1. The molecule has 0 amide bonds. The van der Waals surface area contributed by atoms with Gasteiger partial charge in [0.15, 0.2) is 0 Å². The summed E-state index contributed by atoms with van der Waals surface area (Å²) in [7, 11) is -3.52. The maximum Gasteiger partial charge on any atom is 0.240 e. The summed E-state index contributed by atoms with van der Waals surface area (Å²) in [5.74, 6) is 0.728. The Morgan fingerprint density at radius 3 is 2.59 bits per heavy atom. The van der Waals surface area contributed by atoms with Gasteiger partial charge in [-0.1, -0.05) is 0 Å². The van der Waals surface area contributed by atoms with Crippen molar-refractivity contribution in [3.8, 4) is 5.75 Å². The molecule has 2 aromatic rings. The van der Waals surface area contributed by atoms with E-state index in [2.05, 4.69) is 9.71 Å². The van der Waals surface area contributed by atoms with Gasteiger partial charge in [0.25, 0.3) is 0 Å². The monoisotopic (exact) mass is 338 g/mol. The van der Waals surface area contributed by atoms with Crippen LogP contribution in [0, 0.1) is 0 Å². The Bertz CT molecular complexity index is 691. The molecule has 1 aliphatic carbocycles. The predicted molar refractivity (Wildman–Crippen MR) is 85.5 cm³/mol. The van der Waals surface area contributed by atoms with Crippen LogP contribution in [0.5, 0.6) is 5.75 Å². The Labute approximate surface area is 134 Å². The highest BCUT2D eigenvalue weighted by Gasteiger charge is 2.18. The van der Waals surface area contributed by atoms with Crippen LogP contribution in [-0.4, -0.2) is 19.5 Å². The van der Waals surface area contributed by atoms with Crippen LogP contribution >= 0.6 is 11.3 Å². The van der Waals surface area contributed by atoms with E-state index in [1.54, 1.807) is 30.5 Å². The molecule has 0 aliphatic heterocycles. The lowest BCUT2D eigenvalue weighted by atomic mass is 10.3. The van der Waals surface area contributed by atoms with E-state index in [0.717, 1.165) is 23.6 Å². The molecule has 0 atom stereocenters. The molecule has 1 heterocycles. The van der Waals surface area contributed by atoms with Gasteiger partial charge in [-0.2, -0.15) is 0 Å². The zero-order valence-electron chi connectivity index (χ0n) is 12.1.